The topological polar surface area (TPSA) is 205 Å². The summed E-state index contributed by atoms with van der Waals surface area (Å²) < 4.78 is 110. The predicted octanol–water partition coefficient (Wildman–Crippen LogP) is 4.67. The molecule has 0 aliphatic heterocycles. The summed E-state index contributed by atoms with van der Waals surface area (Å²) in [5, 5.41) is 8.61. The van der Waals surface area contributed by atoms with Gasteiger partial charge in [-0.1, -0.05) is 57.6 Å². The average Bonchev–Trinajstić information content (AvgIpc) is 3.43. The Labute approximate surface area is 456 Å². The molecule has 0 aliphatic rings. The molecule has 0 amide bonds. The van der Waals surface area contributed by atoms with Gasteiger partial charge < -0.3 is 99.8 Å². The average molecular weight is 1100 g/mol. The van der Waals surface area contributed by atoms with Gasteiger partial charge in [0.1, 0.15) is 12.4 Å². The van der Waals surface area contributed by atoms with Crippen LogP contribution in [-0.4, -0.2) is 269 Å². The van der Waals surface area contributed by atoms with E-state index in [2.05, 4.69) is 31.2 Å². The summed E-state index contributed by atoms with van der Waals surface area (Å²) in [6.45, 7) is 21.5. The lowest BCUT2D eigenvalue weighted by molar-refractivity contribution is -0.0313. The van der Waals surface area contributed by atoms with E-state index in [0.717, 1.165) is 12.2 Å². The van der Waals surface area contributed by atoms with Gasteiger partial charge in [-0.05, 0) is 30.5 Å². The van der Waals surface area contributed by atoms with E-state index in [4.69, 9.17) is 99.8 Å². The van der Waals surface area contributed by atoms with Gasteiger partial charge in [0.05, 0.1) is 258 Å². The number of hydrogen-bond acceptors (Lipinski definition) is 21. The molecule has 1 aromatic carbocycles. The smallest absolute Gasteiger partial charge is 0.119 e. The van der Waals surface area contributed by atoms with Gasteiger partial charge in [0, 0.05) is 0 Å². The van der Waals surface area contributed by atoms with E-state index >= 15 is 0 Å². The quantitative estimate of drug-likeness (QED) is 0.0881. The first-order chi connectivity index (χ1) is 37.9. The summed E-state index contributed by atoms with van der Waals surface area (Å²) in [6.07, 6.45) is 10.5. The predicted molar refractivity (Wildman–Crippen MR) is 286 cm³/mol. The summed E-state index contributed by atoms with van der Waals surface area (Å²) >= 11 is 0. The maximum atomic E-state index is 8.61. The van der Waals surface area contributed by atoms with Crippen LogP contribution in [0.5, 0.6) is 5.75 Å². The minimum absolute atomic E-state index is 0.0196. The highest BCUT2D eigenvalue weighted by Gasteiger charge is 2.01. The fourth-order valence-electron chi connectivity index (χ4n) is 6.38. The van der Waals surface area contributed by atoms with Gasteiger partial charge in [0.25, 0.3) is 0 Å². The summed E-state index contributed by atoms with van der Waals surface area (Å²) in [6, 6.07) is 8.45. The minimum atomic E-state index is 0.0196. The fraction of sp³-hybridized carbons (Fsp3) is 0.891. The number of ether oxygens (including phenoxy) is 20. The zero-order valence-electron chi connectivity index (χ0n) is 46.9. The van der Waals surface area contributed by atoms with Crippen LogP contribution in [0.25, 0.3) is 0 Å². The van der Waals surface area contributed by atoms with E-state index in [1.165, 1.54) is 50.5 Å². The highest BCUT2D eigenvalue weighted by atomic mass is 16.6. The zero-order valence-corrected chi connectivity index (χ0v) is 46.9. The van der Waals surface area contributed by atoms with Crippen molar-refractivity contribution < 1.29 is 99.8 Å². The zero-order chi connectivity index (χ0) is 54.1. The van der Waals surface area contributed by atoms with Gasteiger partial charge in [-0.25, -0.2) is 0 Å². The van der Waals surface area contributed by atoms with Crippen LogP contribution in [0.4, 0.5) is 0 Å². The van der Waals surface area contributed by atoms with E-state index in [9.17, 15) is 0 Å². The monoisotopic (exact) mass is 1100 g/mol. The second-order valence-electron chi connectivity index (χ2n) is 16.7. The molecule has 0 spiro atoms. The van der Waals surface area contributed by atoms with E-state index in [-0.39, 0.29) is 6.61 Å². The molecular formula is C55H104O21. The Morgan fingerprint density at radius 1 is 0.237 bits per heavy atom. The molecule has 21 nitrogen and oxygen atoms in total. The first-order valence-electron chi connectivity index (χ1n) is 28.2. The van der Waals surface area contributed by atoms with E-state index in [1.807, 2.05) is 0 Å². The van der Waals surface area contributed by atoms with Crippen LogP contribution in [0.2, 0.25) is 0 Å². The molecule has 0 bridgehead atoms. The van der Waals surface area contributed by atoms with Crippen molar-refractivity contribution in [3.63, 3.8) is 0 Å². The molecule has 1 N–H and O–H groups in total. The molecule has 1 aromatic rings. The standard InChI is InChI=1S/C55H104O21/c1-2-3-4-5-6-7-8-9-54-10-12-55(13-11-54)76-53-52-75-51-50-74-49-48-73-47-46-72-45-44-71-43-42-70-41-40-69-39-38-68-37-36-67-35-34-66-33-32-65-31-30-64-29-28-63-27-26-62-25-24-61-23-22-60-21-20-59-19-18-58-17-16-57-15-14-56/h10-13,56H,2-9,14-53H2,1H3. The van der Waals surface area contributed by atoms with Gasteiger partial charge in [0.15, 0.2) is 0 Å². The molecule has 1 rings (SSSR count). The van der Waals surface area contributed by atoms with Gasteiger partial charge >= 0.3 is 0 Å². The molecule has 0 unspecified atom stereocenters. The Morgan fingerprint density at radius 3 is 0.658 bits per heavy atom. The summed E-state index contributed by atoms with van der Waals surface area (Å²) in [4.78, 5) is 0. The Morgan fingerprint density at radius 2 is 0.434 bits per heavy atom. The number of benzene rings is 1. The lowest BCUT2D eigenvalue weighted by atomic mass is 10.0. The molecule has 0 atom stereocenters. The van der Waals surface area contributed by atoms with Gasteiger partial charge in [-0.2, -0.15) is 0 Å². The normalized spacial score (nSPS) is 11.7. The van der Waals surface area contributed by atoms with E-state index in [0.29, 0.717) is 258 Å². The number of rotatable bonds is 68. The number of aryl methyl sites for hydroxylation is 1. The second kappa shape index (κ2) is 65.7. The van der Waals surface area contributed by atoms with Crippen molar-refractivity contribution in [2.45, 2.75) is 58.3 Å². The molecule has 0 aliphatic carbocycles. The first-order valence-corrected chi connectivity index (χ1v) is 28.2. The van der Waals surface area contributed by atoms with Gasteiger partial charge in [-0.3, -0.25) is 0 Å². The van der Waals surface area contributed by atoms with Crippen molar-refractivity contribution >= 4 is 0 Å². The fourth-order valence-corrected chi connectivity index (χ4v) is 6.38. The van der Waals surface area contributed by atoms with Crippen LogP contribution < -0.4 is 4.74 Å². The molecule has 0 heterocycles. The highest BCUT2D eigenvalue weighted by Crippen LogP contribution is 2.15. The Balaban J connectivity index is 1.62. The van der Waals surface area contributed by atoms with Crippen molar-refractivity contribution in [3.05, 3.63) is 29.8 Å². The van der Waals surface area contributed by atoms with Crippen molar-refractivity contribution in [1.29, 1.82) is 0 Å². The molecule has 0 saturated carbocycles. The number of hydrogen-bond donors (Lipinski definition) is 1. The van der Waals surface area contributed by atoms with Crippen molar-refractivity contribution in [2.24, 2.45) is 0 Å². The molecule has 0 fully saturated rings. The van der Waals surface area contributed by atoms with Crippen LogP contribution in [0, 0.1) is 0 Å². The maximum Gasteiger partial charge on any atom is 0.119 e. The summed E-state index contributed by atoms with van der Waals surface area (Å²) in [5.41, 5.74) is 1.38. The lowest BCUT2D eigenvalue weighted by Crippen LogP contribution is -2.16. The Hall–Kier alpha value is -1.78. The third-order valence-corrected chi connectivity index (χ3v) is 10.4. The molecule has 0 aromatic heterocycles. The van der Waals surface area contributed by atoms with Crippen LogP contribution in [0.3, 0.4) is 0 Å². The minimum Gasteiger partial charge on any atom is -0.491 e. The molecule has 76 heavy (non-hydrogen) atoms. The van der Waals surface area contributed by atoms with Crippen molar-refractivity contribution in [3.8, 4) is 5.75 Å². The molecule has 21 heteroatoms. The largest absolute Gasteiger partial charge is 0.491 e. The van der Waals surface area contributed by atoms with Crippen LogP contribution in [-0.2, 0) is 96.4 Å². The Bertz CT molecular complexity index is 1200. The van der Waals surface area contributed by atoms with Crippen LogP contribution in [0.1, 0.15) is 57.4 Å². The maximum absolute atomic E-state index is 8.61. The van der Waals surface area contributed by atoms with Crippen LogP contribution >= 0.6 is 0 Å². The third-order valence-electron chi connectivity index (χ3n) is 10.4. The molecular weight excluding hydrogens is 997 g/mol. The Kier molecular flexibility index (Phi) is 62.5. The SMILES string of the molecule is CCCCCCCCCc1ccc(OCCOCCOCCOCCOCCOCCOCCOCCOCCOCCOCCOCCOCCOCCOCCOCCOCCOCCOCCOCCO)cc1. The third kappa shape index (κ3) is 59.9. The number of aliphatic hydroxyl groups excluding tert-OH is 1. The first kappa shape index (κ1) is 72.2. The molecule has 0 saturated heterocycles. The molecule has 0 radical (unpaired) electrons. The second-order valence-corrected chi connectivity index (χ2v) is 16.7. The van der Waals surface area contributed by atoms with E-state index in [1.54, 1.807) is 0 Å². The lowest BCUT2D eigenvalue weighted by Gasteiger charge is -2.09. The number of unbranched alkanes of at least 4 members (excludes halogenated alkanes) is 6. The van der Waals surface area contributed by atoms with Gasteiger partial charge in [0.2, 0.25) is 0 Å². The summed E-state index contributed by atoms with van der Waals surface area (Å²) in [5.74, 6) is 0.881. The van der Waals surface area contributed by atoms with Crippen molar-refractivity contribution in [2.75, 3.05) is 264 Å². The van der Waals surface area contributed by atoms with Crippen LogP contribution in [0.15, 0.2) is 24.3 Å². The summed E-state index contributed by atoms with van der Waals surface area (Å²) in [7, 11) is 0. The molecule has 450 valence electrons. The van der Waals surface area contributed by atoms with Crippen molar-refractivity contribution in [1.82, 2.24) is 0 Å². The van der Waals surface area contributed by atoms with E-state index < -0.39 is 0 Å². The van der Waals surface area contributed by atoms with Gasteiger partial charge in [-0.15, -0.1) is 0 Å². The highest BCUT2D eigenvalue weighted by molar-refractivity contribution is 5.27. The number of aliphatic hydroxyl groups is 1.